The molecule has 0 saturated carbocycles. The van der Waals surface area contributed by atoms with E-state index in [0.29, 0.717) is 6.17 Å². The van der Waals surface area contributed by atoms with Crippen molar-refractivity contribution in [1.82, 2.24) is 9.80 Å². The Balaban J connectivity index is 1.94. The number of likely N-dealkylation sites (tertiary alicyclic amines) is 2. The summed E-state index contributed by atoms with van der Waals surface area (Å²) < 4.78 is 0. The lowest BCUT2D eigenvalue weighted by Gasteiger charge is -2.43. The van der Waals surface area contributed by atoms with Gasteiger partial charge < -0.3 is 0 Å². The van der Waals surface area contributed by atoms with Gasteiger partial charge in [-0.05, 0) is 65.2 Å². The van der Waals surface area contributed by atoms with Crippen molar-refractivity contribution in [3.8, 4) is 0 Å². The van der Waals surface area contributed by atoms with Crippen LogP contribution in [0.4, 0.5) is 0 Å². The zero-order valence-corrected chi connectivity index (χ0v) is 15.9. The molecule has 2 aliphatic rings. The van der Waals surface area contributed by atoms with Gasteiger partial charge in [-0.2, -0.15) is 0 Å². The quantitative estimate of drug-likeness (QED) is 0.524. The van der Waals surface area contributed by atoms with Gasteiger partial charge >= 0.3 is 0 Å². The van der Waals surface area contributed by atoms with Gasteiger partial charge in [0.1, 0.15) is 0 Å². The minimum atomic E-state index is 0.0650. The predicted octanol–water partition coefficient (Wildman–Crippen LogP) is 3.58. The molecule has 2 fully saturated rings. The van der Waals surface area contributed by atoms with Gasteiger partial charge in [0.2, 0.25) is 0 Å². The topological polar surface area (TPSA) is 6.48 Å². The fraction of sp³-hybridized carbons (Fsp3) is 0.889. The van der Waals surface area contributed by atoms with Crippen LogP contribution in [0.25, 0.3) is 0 Å². The third kappa shape index (κ3) is 5.88. The maximum absolute atomic E-state index is 2.80. The second-order valence-electron chi connectivity index (χ2n) is 7.07. The third-order valence-corrected chi connectivity index (χ3v) is 7.28. The van der Waals surface area contributed by atoms with Gasteiger partial charge in [-0.1, -0.05) is 37.8 Å². The molecule has 0 bridgehead atoms. The van der Waals surface area contributed by atoms with Gasteiger partial charge in [0.05, 0.1) is 6.17 Å². The molecular formula is C18H36N2Si. The van der Waals surface area contributed by atoms with E-state index in [9.17, 15) is 0 Å². The molecule has 0 radical (unpaired) electrons. The standard InChI is InChI=1S/C18H36N2Si/c1-3-14-21-16-17(2)15-18(19-10-6-4-7-11-19)20-12-8-5-9-13-20/h16,18H,3-15,21H2,1-2H3. The van der Waals surface area contributed by atoms with Crippen molar-refractivity contribution < 1.29 is 0 Å². The number of hydrogen-bond acceptors (Lipinski definition) is 2. The van der Waals surface area contributed by atoms with Crippen LogP contribution in [-0.2, 0) is 0 Å². The van der Waals surface area contributed by atoms with Crippen molar-refractivity contribution in [2.24, 2.45) is 0 Å². The first-order chi connectivity index (χ1) is 10.3. The Morgan fingerprint density at radius 2 is 1.48 bits per heavy atom. The summed E-state index contributed by atoms with van der Waals surface area (Å²) in [5, 5.41) is 0. The van der Waals surface area contributed by atoms with Gasteiger partial charge in [-0.15, -0.1) is 5.70 Å². The molecule has 0 atom stereocenters. The van der Waals surface area contributed by atoms with Crippen LogP contribution in [0, 0.1) is 0 Å². The molecule has 2 rings (SSSR count). The Morgan fingerprint density at radius 3 is 1.95 bits per heavy atom. The van der Waals surface area contributed by atoms with E-state index in [1.807, 2.05) is 0 Å². The Kier molecular flexibility index (Phi) is 8.05. The number of rotatable bonds is 7. The van der Waals surface area contributed by atoms with Crippen molar-refractivity contribution in [3.05, 3.63) is 11.3 Å². The van der Waals surface area contributed by atoms with Crippen molar-refractivity contribution in [2.45, 2.75) is 77.4 Å². The van der Waals surface area contributed by atoms with Gasteiger partial charge in [-0.3, -0.25) is 9.80 Å². The van der Waals surface area contributed by atoms with Crippen LogP contribution < -0.4 is 0 Å². The Hall–Kier alpha value is -0.123. The SMILES string of the molecule is CCC[SiH2]C=C(C)CC(N1CCCCC1)N1CCCCC1. The third-order valence-electron chi connectivity index (χ3n) is 5.18. The zero-order chi connectivity index (χ0) is 14.9. The maximum Gasteiger partial charge on any atom is 0.0660 e. The fourth-order valence-corrected chi connectivity index (χ4v) is 5.12. The van der Waals surface area contributed by atoms with E-state index >= 15 is 0 Å². The van der Waals surface area contributed by atoms with Crippen LogP contribution in [0.2, 0.25) is 6.04 Å². The summed E-state index contributed by atoms with van der Waals surface area (Å²) in [5.74, 6) is 0. The summed E-state index contributed by atoms with van der Waals surface area (Å²) in [5.41, 5.74) is 4.32. The minimum Gasteiger partial charge on any atom is -0.288 e. The van der Waals surface area contributed by atoms with Crippen molar-refractivity contribution >= 4 is 9.52 Å². The summed E-state index contributed by atoms with van der Waals surface area (Å²) in [6, 6.07) is 1.48. The van der Waals surface area contributed by atoms with Crippen LogP contribution >= 0.6 is 0 Å². The van der Waals surface area contributed by atoms with Crippen LogP contribution in [0.15, 0.2) is 11.3 Å². The molecular weight excluding hydrogens is 272 g/mol. The van der Waals surface area contributed by atoms with E-state index in [0.717, 1.165) is 0 Å². The summed E-state index contributed by atoms with van der Waals surface area (Å²) >= 11 is 0. The van der Waals surface area contributed by atoms with E-state index < -0.39 is 0 Å². The minimum absolute atomic E-state index is 0.0650. The first kappa shape index (κ1) is 17.2. The number of nitrogens with zero attached hydrogens (tertiary/aromatic N) is 2. The molecule has 0 aromatic heterocycles. The molecule has 0 aliphatic carbocycles. The second kappa shape index (κ2) is 9.81. The lowest BCUT2D eigenvalue weighted by atomic mass is 10.0. The molecule has 3 heteroatoms. The summed E-state index contributed by atoms with van der Waals surface area (Å²) in [7, 11) is 0.0650. The Bertz CT molecular complexity index is 286. The molecule has 2 nitrogen and oxygen atoms in total. The van der Waals surface area contributed by atoms with Crippen LogP contribution in [0.5, 0.6) is 0 Å². The van der Waals surface area contributed by atoms with Gasteiger partial charge in [0.25, 0.3) is 0 Å². The summed E-state index contributed by atoms with van der Waals surface area (Å²) in [6.07, 6.45) is 11.9. The van der Waals surface area contributed by atoms with Crippen LogP contribution in [-0.4, -0.2) is 51.7 Å². The van der Waals surface area contributed by atoms with Crippen molar-refractivity contribution in [1.29, 1.82) is 0 Å². The molecule has 0 amide bonds. The maximum atomic E-state index is 2.80. The van der Waals surface area contributed by atoms with E-state index in [1.165, 1.54) is 83.6 Å². The first-order valence-corrected chi connectivity index (χ1v) is 11.3. The van der Waals surface area contributed by atoms with Gasteiger partial charge in [-0.25, -0.2) is 0 Å². The fourth-order valence-electron chi connectivity index (χ4n) is 3.85. The van der Waals surface area contributed by atoms with Crippen molar-refractivity contribution in [2.75, 3.05) is 26.2 Å². The van der Waals surface area contributed by atoms with Crippen LogP contribution in [0.1, 0.15) is 65.2 Å². The monoisotopic (exact) mass is 308 g/mol. The van der Waals surface area contributed by atoms with E-state index in [4.69, 9.17) is 0 Å². The van der Waals surface area contributed by atoms with E-state index in [2.05, 4.69) is 29.3 Å². The zero-order valence-electron chi connectivity index (χ0n) is 14.4. The van der Waals surface area contributed by atoms with Crippen molar-refractivity contribution in [3.63, 3.8) is 0 Å². The first-order valence-electron chi connectivity index (χ1n) is 9.45. The molecule has 0 aromatic carbocycles. The highest BCUT2D eigenvalue weighted by Crippen LogP contribution is 2.23. The molecule has 0 spiro atoms. The Labute approximate surface area is 134 Å². The average Bonchev–Trinajstić information content (AvgIpc) is 2.54. The van der Waals surface area contributed by atoms with Crippen LogP contribution in [0.3, 0.4) is 0 Å². The molecule has 2 saturated heterocycles. The normalized spacial score (nSPS) is 23.5. The number of hydrogen-bond donors (Lipinski definition) is 0. The molecule has 2 heterocycles. The second-order valence-corrected chi connectivity index (χ2v) is 8.76. The molecule has 122 valence electrons. The molecule has 0 aromatic rings. The molecule has 0 unspecified atom stereocenters. The van der Waals surface area contributed by atoms with E-state index in [-0.39, 0.29) is 9.52 Å². The average molecular weight is 309 g/mol. The summed E-state index contributed by atoms with van der Waals surface area (Å²) in [6.45, 7) is 10.0. The predicted molar refractivity (Wildman–Crippen MR) is 96.7 cm³/mol. The van der Waals surface area contributed by atoms with Gasteiger partial charge in [0.15, 0.2) is 0 Å². The lowest BCUT2D eigenvalue weighted by molar-refractivity contribution is 0.0175. The smallest absolute Gasteiger partial charge is 0.0660 e. The number of piperidine rings is 2. The molecule has 2 aliphatic heterocycles. The lowest BCUT2D eigenvalue weighted by Crippen LogP contribution is -2.52. The van der Waals surface area contributed by atoms with E-state index in [1.54, 1.807) is 5.57 Å². The van der Waals surface area contributed by atoms with Gasteiger partial charge in [0, 0.05) is 9.52 Å². The molecule has 0 N–H and O–H groups in total. The highest BCUT2D eigenvalue weighted by molar-refractivity contribution is 6.42. The Morgan fingerprint density at radius 1 is 0.952 bits per heavy atom. The largest absolute Gasteiger partial charge is 0.288 e. The molecule has 21 heavy (non-hydrogen) atoms. The summed E-state index contributed by atoms with van der Waals surface area (Å²) in [4.78, 5) is 5.60. The highest BCUT2D eigenvalue weighted by atomic mass is 28.2. The highest BCUT2D eigenvalue weighted by Gasteiger charge is 2.27.